The van der Waals surface area contributed by atoms with E-state index < -0.39 is 9.84 Å². The van der Waals surface area contributed by atoms with Gasteiger partial charge in [0, 0.05) is 31.1 Å². The minimum Gasteiger partial charge on any atom is -0.381 e. The first-order valence-corrected chi connectivity index (χ1v) is 8.05. The number of nitrogens with one attached hydrogen (secondary N) is 1. The van der Waals surface area contributed by atoms with Crippen molar-refractivity contribution in [1.29, 1.82) is 0 Å². The first-order chi connectivity index (χ1) is 8.97. The molecule has 0 atom stereocenters. The van der Waals surface area contributed by atoms with Crippen molar-refractivity contribution in [3.05, 3.63) is 24.3 Å². The first-order valence-electron chi connectivity index (χ1n) is 6.15. The molecule has 19 heavy (non-hydrogen) atoms. The predicted molar refractivity (Wildman–Crippen MR) is 71.7 cm³/mol. The molecule has 1 aromatic rings. The van der Waals surface area contributed by atoms with Gasteiger partial charge in [-0.2, -0.15) is 0 Å². The van der Waals surface area contributed by atoms with Crippen LogP contribution in [0.25, 0.3) is 0 Å². The van der Waals surface area contributed by atoms with Crippen molar-refractivity contribution in [2.45, 2.75) is 17.7 Å². The van der Waals surface area contributed by atoms with Gasteiger partial charge in [0.05, 0.1) is 4.90 Å². The molecule has 0 unspecified atom stereocenters. The van der Waals surface area contributed by atoms with E-state index in [1.165, 1.54) is 12.1 Å². The number of anilines is 1. The fourth-order valence-corrected chi connectivity index (χ4v) is 2.68. The van der Waals surface area contributed by atoms with Crippen molar-refractivity contribution in [2.75, 3.05) is 24.8 Å². The van der Waals surface area contributed by atoms with E-state index in [1.807, 2.05) is 0 Å². The van der Waals surface area contributed by atoms with E-state index in [-0.39, 0.29) is 16.7 Å². The van der Waals surface area contributed by atoms with Gasteiger partial charge in [-0.25, -0.2) is 8.42 Å². The van der Waals surface area contributed by atoms with Crippen LogP contribution in [0.3, 0.4) is 0 Å². The summed E-state index contributed by atoms with van der Waals surface area (Å²) in [6, 6.07) is 6.30. The van der Waals surface area contributed by atoms with Crippen LogP contribution in [0, 0.1) is 5.92 Å². The number of ether oxygens (including phenoxy) is 1. The zero-order chi connectivity index (χ0) is 13.9. The summed E-state index contributed by atoms with van der Waals surface area (Å²) < 4.78 is 28.1. The molecule has 2 rings (SSSR count). The third kappa shape index (κ3) is 3.78. The van der Waals surface area contributed by atoms with Gasteiger partial charge < -0.3 is 10.1 Å². The maximum Gasteiger partial charge on any atom is 0.227 e. The average molecular weight is 283 g/mol. The quantitative estimate of drug-likeness (QED) is 0.911. The van der Waals surface area contributed by atoms with Crippen LogP contribution in [0.5, 0.6) is 0 Å². The Morgan fingerprint density at radius 1 is 1.32 bits per heavy atom. The maximum atomic E-state index is 12.0. The molecule has 0 aliphatic carbocycles. The fraction of sp³-hybridized carbons (Fsp3) is 0.462. The number of carbonyl (C=O) groups is 1. The Balaban J connectivity index is 2.08. The molecular weight excluding hydrogens is 266 g/mol. The van der Waals surface area contributed by atoms with E-state index in [4.69, 9.17) is 4.74 Å². The van der Waals surface area contributed by atoms with Gasteiger partial charge in [-0.15, -0.1) is 0 Å². The Bertz CT molecular complexity index is 562. The molecule has 0 bridgehead atoms. The van der Waals surface area contributed by atoms with Crippen LogP contribution >= 0.6 is 0 Å². The Morgan fingerprint density at radius 2 is 2.00 bits per heavy atom. The van der Waals surface area contributed by atoms with Crippen LogP contribution in [-0.4, -0.2) is 33.8 Å². The lowest BCUT2D eigenvalue weighted by molar-refractivity contribution is -0.122. The van der Waals surface area contributed by atoms with Gasteiger partial charge in [-0.3, -0.25) is 4.79 Å². The van der Waals surface area contributed by atoms with E-state index in [9.17, 15) is 13.2 Å². The molecule has 0 radical (unpaired) electrons. The molecule has 0 spiro atoms. The minimum atomic E-state index is -3.26. The summed E-state index contributed by atoms with van der Waals surface area (Å²) in [6.07, 6.45) is 2.56. The number of hydrogen-bond donors (Lipinski definition) is 1. The van der Waals surface area contributed by atoms with E-state index in [0.29, 0.717) is 31.7 Å². The summed E-state index contributed by atoms with van der Waals surface area (Å²) in [4.78, 5) is 12.2. The van der Waals surface area contributed by atoms with Crippen LogP contribution in [-0.2, 0) is 19.4 Å². The second kappa shape index (κ2) is 5.71. The Kier molecular flexibility index (Phi) is 4.21. The van der Waals surface area contributed by atoms with Crippen LogP contribution in [0.2, 0.25) is 0 Å². The Morgan fingerprint density at radius 3 is 2.63 bits per heavy atom. The van der Waals surface area contributed by atoms with Gasteiger partial charge in [-0.05, 0) is 31.0 Å². The van der Waals surface area contributed by atoms with Crippen molar-refractivity contribution in [2.24, 2.45) is 5.92 Å². The molecule has 6 heteroatoms. The second-order valence-corrected chi connectivity index (χ2v) is 6.69. The second-order valence-electron chi connectivity index (χ2n) is 4.68. The van der Waals surface area contributed by atoms with Gasteiger partial charge in [0.15, 0.2) is 9.84 Å². The lowest BCUT2D eigenvalue weighted by Crippen LogP contribution is -2.28. The van der Waals surface area contributed by atoms with Crippen LogP contribution in [0.4, 0.5) is 5.69 Å². The summed E-state index contributed by atoms with van der Waals surface area (Å²) in [6.45, 7) is 1.20. The molecule has 1 aliphatic rings. The highest BCUT2D eigenvalue weighted by atomic mass is 32.2. The van der Waals surface area contributed by atoms with Crippen LogP contribution < -0.4 is 5.32 Å². The van der Waals surface area contributed by atoms with Crippen molar-refractivity contribution >= 4 is 21.4 Å². The van der Waals surface area contributed by atoms with Crippen molar-refractivity contribution in [1.82, 2.24) is 0 Å². The highest BCUT2D eigenvalue weighted by Gasteiger charge is 2.21. The maximum absolute atomic E-state index is 12.0. The van der Waals surface area contributed by atoms with Gasteiger partial charge in [0.2, 0.25) is 5.91 Å². The topological polar surface area (TPSA) is 72.5 Å². The summed E-state index contributed by atoms with van der Waals surface area (Å²) in [5, 5.41) is 2.77. The zero-order valence-electron chi connectivity index (χ0n) is 10.8. The predicted octanol–water partition coefficient (Wildman–Crippen LogP) is 1.46. The normalized spacial score (nSPS) is 17.1. The molecule has 0 saturated carbocycles. The van der Waals surface area contributed by atoms with Crippen molar-refractivity contribution in [3.63, 3.8) is 0 Å². The fourth-order valence-electron chi connectivity index (χ4n) is 2.01. The lowest BCUT2D eigenvalue weighted by atomic mass is 9.99. The number of benzene rings is 1. The monoisotopic (exact) mass is 283 g/mol. The van der Waals surface area contributed by atoms with E-state index in [1.54, 1.807) is 12.1 Å². The number of hydrogen-bond acceptors (Lipinski definition) is 4. The van der Waals surface area contributed by atoms with Gasteiger partial charge in [0.1, 0.15) is 0 Å². The van der Waals surface area contributed by atoms with Crippen molar-refractivity contribution in [3.8, 4) is 0 Å². The molecule has 1 amide bonds. The van der Waals surface area contributed by atoms with E-state index >= 15 is 0 Å². The lowest BCUT2D eigenvalue weighted by Gasteiger charge is -2.21. The highest BCUT2D eigenvalue weighted by molar-refractivity contribution is 7.90. The molecular formula is C13H17NO4S. The Hall–Kier alpha value is -1.40. The third-order valence-electron chi connectivity index (χ3n) is 3.12. The summed E-state index contributed by atoms with van der Waals surface area (Å²) >= 11 is 0. The molecule has 104 valence electrons. The van der Waals surface area contributed by atoms with Gasteiger partial charge >= 0.3 is 0 Å². The third-order valence-corrected chi connectivity index (χ3v) is 4.23. The van der Waals surface area contributed by atoms with E-state index in [0.717, 1.165) is 6.26 Å². The summed E-state index contributed by atoms with van der Waals surface area (Å²) in [5.74, 6) is -0.135. The van der Waals surface area contributed by atoms with Gasteiger partial charge in [-0.1, -0.05) is 6.07 Å². The summed E-state index contributed by atoms with van der Waals surface area (Å²) in [7, 11) is -3.26. The van der Waals surface area contributed by atoms with Crippen molar-refractivity contribution < 1.29 is 17.9 Å². The number of rotatable bonds is 3. The number of amides is 1. The van der Waals surface area contributed by atoms with Gasteiger partial charge in [0.25, 0.3) is 0 Å². The molecule has 1 aliphatic heterocycles. The molecule has 1 aromatic carbocycles. The SMILES string of the molecule is CS(=O)(=O)c1cccc(NC(=O)C2CCOCC2)c1. The standard InChI is InChI=1S/C13H17NO4S/c1-19(16,17)12-4-2-3-11(9-12)14-13(15)10-5-7-18-8-6-10/h2-4,9-10H,5-8H2,1H3,(H,14,15). The van der Waals surface area contributed by atoms with Crippen LogP contribution in [0.15, 0.2) is 29.2 Å². The first kappa shape index (κ1) is 14.0. The molecule has 1 N–H and O–H groups in total. The molecule has 5 nitrogen and oxygen atoms in total. The van der Waals surface area contributed by atoms with Crippen LogP contribution in [0.1, 0.15) is 12.8 Å². The average Bonchev–Trinajstić information content (AvgIpc) is 2.39. The molecule has 1 heterocycles. The molecule has 0 aromatic heterocycles. The largest absolute Gasteiger partial charge is 0.381 e. The smallest absolute Gasteiger partial charge is 0.227 e. The molecule has 1 saturated heterocycles. The number of carbonyl (C=O) groups excluding carboxylic acids is 1. The Labute approximate surface area is 112 Å². The summed E-state index contributed by atoms with van der Waals surface area (Å²) in [5.41, 5.74) is 0.513. The zero-order valence-corrected chi connectivity index (χ0v) is 11.6. The number of sulfone groups is 1. The van der Waals surface area contributed by atoms with E-state index in [2.05, 4.69) is 5.32 Å². The minimum absolute atomic E-state index is 0.0596. The highest BCUT2D eigenvalue weighted by Crippen LogP contribution is 2.19. The molecule has 1 fully saturated rings.